The number of carbonyl (C=O) groups excluding carboxylic acids is 1. The number of amides is 1. The molecule has 18 heavy (non-hydrogen) atoms. The van der Waals surface area contributed by atoms with Crippen molar-refractivity contribution in [2.75, 3.05) is 5.73 Å². The molecule has 0 fully saturated rings. The fraction of sp³-hybridized carbons (Fsp3) is 0.167. The summed E-state index contributed by atoms with van der Waals surface area (Å²) in [5.74, 6) is -0.247. The van der Waals surface area contributed by atoms with E-state index in [0.29, 0.717) is 16.9 Å². The van der Waals surface area contributed by atoms with Gasteiger partial charge in [0.05, 0.1) is 12.1 Å². The van der Waals surface area contributed by atoms with E-state index in [1.165, 1.54) is 0 Å². The van der Waals surface area contributed by atoms with E-state index in [4.69, 9.17) is 5.73 Å². The highest BCUT2D eigenvalue weighted by Gasteiger charge is 2.09. The lowest BCUT2D eigenvalue weighted by Crippen LogP contribution is -2.24. The monoisotopic (exact) mass is 263 g/mol. The van der Waals surface area contributed by atoms with E-state index >= 15 is 0 Å². The summed E-state index contributed by atoms with van der Waals surface area (Å²) < 4.78 is 0. The number of H-pyrrole nitrogens is 1. The van der Waals surface area contributed by atoms with Crippen LogP contribution in [-0.4, -0.2) is 10.9 Å². The molecule has 0 saturated heterocycles. The minimum atomic E-state index is -0.247. The molecule has 2 aromatic rings. The van der Waals surface area contributed by atoms with Crippen molar-refractivity contribution in [3.05, 3.63) is 50.1 Å². The Morgan fingerprint density at radius 3 is 2.94 bits per heavy atom. The number of aryl methyl sites for hydroxylation is 1. The molecule has 2 rings (SSSR count). The first kappa shape index (κ1) is 12.4. The third kappa shape index (κ3) is 2.78. The number of hydrogen-bond donors (Lipinski definition) is 3. The van der Waals surface area contributed by atoms with Gasteiger partial charge in [-0.1, -0.05) is 23.0 Å². The van der Waals surface area contributed by atoms with Crippen LogP contribution in [0.25, 0.3) is 0 Å². The number of rotatable bonds is 3. The molecule has 0 atom stereocenters. The molecule has 0 bridgehead atoms. The zero-order chi connectivity index (χ0) is 13.1. The van der Waals surface area contributed by atoms with Crippen LogP contribution in [-0.2, 0) is 6.54 Å². The fourth-order valence-corrected chi connectivity index (χ4v) is 2.12. The van der Waals surface area contributed by atoms with Crippen molar-refractivity contribution in [3.63, 3.8) is 0 Å². The summed E-state index contributed by atoms with van der Waals surface area (Å²) >= 11 is 1.07. The maximum Gasteiger partial charge on any atom is 0.304 e. The third-order valence-corrected chi connectivity index (χ3v) is 3.18. The SMILES string of the molecule is Cc1ccc(N)c(C(=O)NCc2csc(=O)[nH]2)c1. The molecule has 1 aromatic carbocycles. The molecule has 1 heterocycles. The van der Waals surface area contributed by atoms with Crippen LogP contribution < -0.4 is 15.9 Å². The van der Waals surface area contributed by atoms with E-state index in [0.717, 1.165) is 16.9 Å². The summed E-state index contributed by atoms with van der Waals surface area (Å²) in [7, 11) is 0. The third-order valence-electron chi connectivity index (χ3n) is 2.46. The highest BCUT2D eigenvalue weighted by Crippen LogP contribution is 2.13. The van der Waals surface area contributed by atoms with E-state index in [1.807, 2.05) is 13.0 Å². The molecule has 94 valence electrons. The van der Waals surface area contributed by atoms with Crippen molar-refractivity contribution >= 4 is 22.9 Å². The van der Waals surface area contributed by atoms with Gasteiger partial charge in [0, 0.05) is 16.8 Å². The number of nitrogens with two attached hydrogens (primary N) is 1. The van der Waals surface area contributed by atoms with Crippen LogP contribution in [0.1, 0.15) is 21.6 Å². The summed E-state index contributed by atoms with van der Waals surface area (Å²) in [6.07, 6.45) is 0. The van der Waals surface area contributed by atoms with Crippen LogP contribution in [0.2, 0.25) is 0 Å². The number of aromatic nitrogens is 1. The smallest absolute Gasteiger partial charge is 0.304 e. The average molecular weight is 263 g/mol. The Hall–Kier alpha value is -2.08. The van der Waals surface area contributed by atoms with Crippen LogP contribution in [0, 0.1) is 6.92 Å². The summed E-state index contributed by atoms with van der Waals surface area (Å²) in [6.45, 7) is 2.18. The number of anilines is 1. The van der Waals surface area contributed by atoms with Gasteiger partial charge in [0.2, 0.25) is 0 Å². The van der Waals surface area contributed by atoms with Crippen molar-refractivity contribution in [1.82, 2.24) is 10.3 Å². The van der Waals surface area contributed by atoms with Crippen LogP contribution in [0.4, 0.5) is 5.69 Å². The molecule has 0 unspecified atom stereocenters. The second-order valence-electron chi connectivity index (χ2n) is 3.95. The topological polar surface area (TPSA) is 88.0 Å². The van der Waals surface area contributed by atoms with Gasteiger partial charge in [0.1, 0.15) is 0 Å². The largest absolute Gasteiger partial charge is 0.398 e. The summed E-state index contributed by atoms with van der Waals surface area (Å²) in [6, 6.07) is 5.29. The molecule has 0 aliphatic carbocycles. The Kier molecular flexibility index (Phi) is 3.47. The van der Waals surface area contributed by atoms with Crippen molar-refractivity contribution in [2.24, 2.45) is 0 Å². The van der Waals surface area contributed by atoms with Crippen LogP contribution >= 0.6 is 11.3 Å². The molecular weight excluding hydrogens is 250 g/mol. The first-order chi connectivity index (χ1) is 8.56. The van der Waals surface area contributed by atoms with Crippen LogP contribution in [0.15, 0.2) is 28.4 Å². The average Bonchev–Trinajstić information content (AvgIpc) is 2.75. The van der Waals surface area contributed by atoms with Gasteiger partial charge in [0.15, 0.2) is 0 Å². The molecular formula is C12H13N3O2S. The van der Waals surface area contributed by atoms with Gasteiger partial charge in [-0.3, -0.25) is 9.59 Å². The highest BCUT2D eigenvalue weighted by molar-refractivity contribution is 7.07. The molecule has 0 radical (unpaired) electrons. The van der Waals surface area contributed by atoms with Crippen LogP contribution in [0.3, 0.4) is 0 Å². The van der Waals surface area contributed by atoms with Gasteiger partial charge >= 0.3 is 4.87 Å². The minimum Gasteiger partial charge on any atom is -0.398 e. The number of carbonyl (C=O) groups is 1. The number of benzene rings is 1. The molecule has 5 nitrogen and oxygen atoms in total. The fourth-order valence-electron chi connectivity index (χ4n) is 1.54. The summed E-state index contributed by atoms with van der Waals surface area (Å²) in [4.78, 5) is 25.3. The van der Waals surface area contributed by atoms with E-state index in [1.54, 1.807) is 17.5 Å². The van der Waals surface area contributed by atoms with Crippen molar-refractivity contribution in [3.8, 4) is 0 Å². The van der Waals surface area contributed by atoms with Gasteiger partial charge in [-0.15, -0.1) is 0 Å². The van der Waals surface area contributed by atoms with E-state index in [9.17, 15) is 9.59 Å². The predicted molar refractivity (Wildman–Crippen MR) is 71.7 cm³/mol. The lowest BCUT2D eigenvalue weighted by molar-refractivity contribution is 0.0951. The molecule has 1 amide bonds. The van der Waals surface area contributed by atoms with Gasteiger partial charge in [-0.05, 0) is 19.1 Å². The summed E-state index contributed by atoms with van der Waals surface area (Å²) in [5, 5.41) is 4.40. The molecule has 0 aliphatic rings. The van der Waals surface area contributed by atoms with Crippen molar-refractivity contribution < 1.29 is 4.79 Å². The van der Waals surface area contributed by atoms with Gasteiger partial charge in [-0.2, -0.15) is 0 Å². The quantitative estimate of drug-likeness (QED) is 0.728. The zero-order valence-electron chi connectivity index (χ0n) is 9.82. The van der Waals surface area contributed by atoms with Crippen molar-refractivity contribution in [1.29, 1.82) is 0 Å². The standard InChI is InChI=1S/C12H13N3O2S/c1-7-2-3-10(13)9(4-7)11(16)14-5-8-6-18-12(17)15-8/h2-4,6H,5,13H2,1H3,(H,14,16)(H,15,17). The lowest BCUT2D eigenvalue weighted by Gasteiger charge is -2.07. The van der Waals surface area contributed by atoms with Gasteiger partial charge < -0.3 is 16.0 Å². The number of hydrogen-bond acceptors (Lipinski definition) is 4. The molecule has 0 saturated carbocycles. The van der Waals surface area contributed by atoms with E-state index in [-0.39, 0.29) is 17.3 Å². The maximum atomic E-state index is 11.9. The lowest BCUT2D eigenvalue weighted by atomic mass is 10.1. The number of thiazole rings is 1. The Balaban J connectivity index is 2.08. The number of nitrogens with one attached hydrogen (secondary N) is 2. The van der Waals surface area contributed by atoms with Crippen LogP contribution in [0.5, 0.6) is 0 Å². The Morgan fingerprint density at radius 2 is 2.28 bits per heavy atom. The molecule has 1 aromatic heterocycles. The molecule has 0 spiro atoms. The normalized spacial score (nSPS) is 10.3. The first-order valence-corrected chi connectivity index (χ1v) is 6.25. The molecule has 6 heteroatoms. The molecule has 4 N–H and O–H groups in total. The highest BCUT2D eigenvalue weighted by atomic mass is 32.1. The van der Waals surface area contributed by atoms with Gasteiger partial charge in [-0.25, -0.2) is 0 Å². The van der Waals surface area contributed by atoms with E-state index in [2.05, 4.69) is 10.3 Å². The Bertz CT molecular complexity index is 630. The second kappa shape index (κ2) is 5.05. The summed E-state index contributed by atoms with van der Waals surface area (Å²) in [5.41, 5.74) is 8.30. The number of nitrogen functional groups attached to an aromatic ring is 1. The zero-order valence-corrected chi connectivity index (χ0v) is 10.6. The maximum absolute atomic E-state index is 11.9. The predicted octanol–water partition coefficient (Wildman–Crippen LogP) is 1.26. The van der Waals surface area contributed by atoms with Crippen molar-refractivity contribution in [2.45, 2.75) is 13.5 Å². The Morgan fingerprint density at radius 1 is 1.50 bits per heavy atom. The number of aromatic amines is 1. The second-order valence-corrected chi connectivity index (χ2v) is 4.79. The molecule has 0 aliphatic heterocycles. The van der Waals surface area contributed by atoms with Gasteiger partial charge in [0.25, 0.3) is 5.91 Å². The van der Waals surface area contributed by atoms with E-state index < -0.39 is 0 Å². The Labute approximate surface area is 108 Å². The minimum absolute atomic E-state index is 0.130. The first-order valence-electron chi connectivity index (χ1n) is 5.37.